The third kappa shape index (κ3) is 2.09. The Morgan fingerprint density at radius 2 is 1.75 bits per heavy atom. The maximum Gasteiger partial charge on any atom is 0.0361 e. The highest BCUT2D eigenvalue weighted by Crippen LogP contribution is 2.10. The van der Waals surface area contributed by atoms with Crippen molar-refractivity contribution in [2.75, 3.05) is 26.0 Å². The molecule has 0 aromatic heterocycles. The van der Waals surface area contributed by atoms with E-state index in [-0.39, 0.29) is 0 Å². The van der Waals surface area contributed by atoms with Gasteiger partial charge < -0.3 is 4.90 Å². The van der Waals surface area contributed by atoms with E-state index in [4.69, 9.17) is 0 Å². The van der Waals surface area contributed by atoms with Gasteiger partial charge in [0.15, 0.2) is 0 Å². The molecule has 0 aliphatic carbocycles. The fourth-order valence-electron chi connectivity index (χ4n) is 1.01. The second-order valence-corrected chi connectivity index (χ2v) is 2.87. The summed E-state index contributed by atoms with van der Waals surface area (Å²) in [6.07, 6.45) is 1.85. The lowest BCUT2D eigenvalue weighted by molar-refractivity contribution is 1.13. The van der Waals surface area contributed by atoms with Gasteiger partial charge >= 0.3 is 0 Å². The van der Waals surface area contributed by atoms with Gasteiger partial charge in [0, 0.05) is 33.0 Å². The van der Waals surface area contributed by atoms with Crippen molar-refractivity contribution in [2.45, 2.75) is 0 Å². The van der Waals surface area contributed by atoms with E-state index in [0.29, 0.717) is 0 Å². The summed E-state index contributed by atoms with van der Waals surface area (Å²) in [5.41, 5.74) is 2.35. The summed E-state index contributed by atoms with van der Waals surface area (Å²) in [5.74, 6) is 0. The molecule has 0 radical (unpaired) electrons. The molecule has 1 rings (SSSR count). The van der Waals surface area contributed by atoms with Gasteiger partial charge in [0.05, 0.1) is 0 Å². The van der Waals surface area contributed by atoms with Gasteiger partial charge in [-0.25, -0.2) is 0 Å². The monoisotopic (exact) mass is 162 g/mol. The molecular formula is C10H14N2. The summed E-state index contributed by atoms with van der Waals surface area (Å²) in [6, 6.07) is 8.28. The first-order chi connectivity index (χ1) is 5.74. The first-order valence-electron chi connectivity index (χ1n) is 3.93. The first-order valence-corrected chi connectivity index (χ1v) is 3.93. The summed E-state index contributed by atoms with van der Waals surface area (Å²) in [4.78, 5) is 6.02. The second-order valence-electron chi connectivity index (χ2n) is 2.87. The highest BCUT2D eigenvalue weighted by molar-refractivity contribution is 5.80. The Morgan fingerprint density at radius 1 is 1.17 bits per heavy atom. The first kappa shape index (κ1) is 8.78. The second kappa shape index (κ2) is 3.90. The molecule has 0 saturated heterocycles. The topological polar surface area (TPSA) is 15.6 Å². The molecule has 0 saturated carbocycles. The van der Waals surface area contributed by atoms with Crippen molar-refractivity contribution in [3.63, 3.8) is 0 Å². The Bertz CT molecular complexity index is 260. The van der Waals surface area contributed by atoms with Crippen molar-refractivity contribution in [3.05, 3.63) is 29.8 Å². The highest BCUT2D eigenvalue weighted by atomic mass is 15.1. The van der Waals surface area contributed by atoms with E-state index >= 15 is 0 Å². The molecule has 0 spiro atoms. The Balaban J connectivity index is 2.85. The van der Waals surface area contributed by atoms with Gasteiger partial charge in [-0.3, -0.25) is 4.99 Å². The standard InChI is InChI=1S/C10H14N2/c1-11-8-9-4-6-10(7-5-9)12(2)3/h4-8H,1-3H3. The van der Waals surface area contributed by atoms with E-state index in [1.165, 1.54) is 5.69 Å². The summed E-state index contributed by atoms with van der Waals surface area (Å²) >= 11 is 0. The van der Waals surface area contributed by atoms with Gasteiger partial charge in [-0.1, -0.05) is 12.1 Å². The van der Waals surface area contributed by atoms with E-state index in [9.17, 15) is 0 Å². The third-order valence-corrected chi connectivity index (χ3v) is 1.69. The minimum atomic E-state index is 1.14. The predicted molar refractivity (Wildman–Crippen MR) is 54.3 cm³/mol. The predicted octanol–water partition coefficient (Wildman–Crippen LogP) is 1.80. The van der Waals surface area contributed by atoms with Gasteiger partial charge in [0.1, 0.15) is 0 Å². The molecule has 0 atom stereocenters. The van der Waals surface area contributed by atoms with Crippen LogP contribution >= 0.6 is 0 Å². The Labute approximate surface area is 73.5 Å². The fraction of sp³-hybridized carbons (Fsp3) is 0.300. The molecule has 0 aliphatic rings. The lowest BCUT2D eigenvalue weighted by Crippen LogP contribution is -2.08. The number of anilines is 1. The van der Waals surface area contributed by atoms with Crippen LogP contribution in [-0.2, 0) is 0 Å². The quantitative estimate of drug-likeness (QED) is 0.605. The number of hydrogen-bond donors (Lipinski definition) is 0. The molecule has 0 fully saturated rings. The summed E-state index contributed by atoms with van der Waals surface area (Å²) in [7, 11) is 5.84. The van der Waals surface area contributed by atoms with E-state index < -0.39 is 0 Å². The summed E-state index contributed by atoms with van der Waals surface area (Å²) in [6.45, 7) is 0. The molecular weight excluding hydrogens is 148 g/mol. The molecule has 64 valence electrons. The van der Waals surface area contributed by atoms with Gasteiger partial charge in [0.2, 0.25) is 0 Å². The van der Waals surface area contributed by atoms with Crippen molar-refractivity contribution >= 4 is 11.9 Å². The molecule has 0 N–H and O–H groups in total. The van der Waals surface area contributed by atoms with Crippen molar-refractivity contribution in [1.29, 1.82) is 0 Å². The maximum absolute atomic E-state index is 3.94. The average molecular weight is 162 g/mol. The van der Waals surface area contributed by atoms with Gasteiger partial charge in [-0.2, -0.15) is 0 Å². The van der Waals surface area contributed by atoms with E-state index in [1.807, 2.05) is 20.3 Å². The number of aliphatic imine (C=N–C) groups is 1. The summed E-state index contributed by atoms with van der Waals surface area (Å²) < 4.78 is 0. The molecule has 0 heterocycles. The van der Waals surface area contributed by atoms with Crippen LogP contribution in [0, 0.1) is 0 Å². The van der Waals surface area contributed by atoms with Gasteiger partial charge in [-0.15, -0.1) is 0 Å². The normalized spacial score (nSPS) is 10.6. The average Bonchev–Trinajstić information content (AvgIpc) is 2.06. The zero-order chi connectivity index (χ0) is 8.97. The minimum absolute atomic E-state index is 1.14. The van der Waals surface area contributed by atoms with Crippen molar-refractivity contribution in [2.24, 2.45) is 4.99 Å². The third-order valence-electron chi connectivity index (χ3n) is 1.69. The van der Waals surface area contributed by atoms with Crippen LogP contribution in [0.3, 0.4) is 0 Å². The maximum atomic E-state index is 3.94. The van der Waals surface area contributed by atoms with Crippen LogP contribution in [0.4, 0.5) is 5.69 Å². The number of nitrogens with zero attached hydrogens (tertiary/aromatic N) is 2. The largest absolute Gasteiger partial charge is 0.378 e. The van der Waals surface area contributed by atoms with Gasteiger partial charge in [-0.05, 0) is 17.7 Å². The number of benzene rings is 1. The van der Waals surface area contributed by atoms with Crippen LogP contribution in [0.25, 0.3) is 0 Å². The zero-order valence-electron chi connectivity index (χ0n) is 7.78. The Hall–Kier alpha value is -1.31. The SMILES string of the molecule is CN=Cc1ccc(N(C)C)cc1. The molecule has 0 unspecified atom stereocenters. The fourth-order valence-corrected chi connectivity index (χ4v) is 1.01. The van der Waals surface area contributed by atoms with Crippen LogP contribution in [0.15, 0.2) is 29.3 Å². The van der Waals surface area contributed by atoms with Crippen LogP contribution in [-0.4, -0.2) is 27.4 Å². The van der Waals surface area contributed by atoms with Crippen molar-refractivity contribution < 1.29 is 0 Å². The van der Waals surface area contributed by atoms with Gasteiger partial charge in [0.25, 0.3) is 0 Å². The molecule has 12 heavy (non-hydrogen) atoms. The number of hydrogen-bond acceptors (Lipinski definition) is 2. The molecule has 1 aromatic carbocycles. The van der Waals surface area contributed by atoms with E-state index in [2.05, 4.69) is 34.2 Å². The van der Waals surface area contributed by atoms with Crippen LogP contribution in [0.2, 0.25) is 0 Å². The lowest BCUT2D eigenvalue weighted by atomic mass is 10.2. The lowest BCUT2D eigenvalue weighted by Gasteiger charge is -2.11. The van der Waals surface area contributed by atoms with Crippen molar-refractivity contribution in [3.8, 4) is 0 Å². The van der Waals surface area contributed by atoms with E-state index in [1.54, 1.807) is 7.05 Å². The van der Waals surface area contributed by atoms with Crippen LogP contribution in [0.5, 0.6) is 0 Å². The molecule has 1 aromatic rings. The van der Waals surface area contributed by atoms with Crippen LogP contribution in [0.1, 0.15) is 5.56 Å². The molecule has 0 bridgehead atoms. The van der Waals surface area contributed by atoms with E-state index in [0.717, 1.165) is 5.56 Å². The number of rotatable bonds is 2. The smallest absolute Gasteiger partial charge is 0.0361 e. The molecule has 0 amide bonds. The molecule has 0 aliphatic heterocycles. The van der Waals surface area contributed by atoms with Crippen LogP contribution < -0.4 is 4.90 Å². The molecule has 2 heteroatoms. The van der Waals surface area contributed by atoms with Crippen molar-refractivity contribution in [1.82, 2.24) is 0 Å². The Kier molecular flexibility index (Phi) is 2.86. The minimum Gasteiger partial charge on any atom is -0.378 e. The Morgan fingerprint density at radius 3 is 2.17 bits per heavy atom. The highest BCUT2D eigenvalue weighted by Gasteiger charge is 1.92. The molecule has 2 nitrogen and oxygen atoms in total. The zero-order valence-corrected chi connectivity index (χ0v) is 7.78. The summed E-state index contributed by atoms with van der Waals surface area (Å²) in [5, 5.41) is 0.